The molecular formula is C20H32O5. The summed E-state index contributed by atoms with van der Waals surface area (Å²) in [7, 11) is 3.34. The summed E-state index contributed by atoms with van der Waals surface area (Å²) in [5.41, 5.74) is 0.587. The molecule has 1 saturated heterocycles. The Morgan fingerprint density at radius 3 is 1.92 bits per heavy atom. The maximum Gasteiger partial charge on any atom is 0.185 e. The lowest BCUT2D eigenvalue weighted by Crippen LogP contribution is -2.53. The Kier molecular flexibility index (Phi) is 6.28. The number of hydrogen-bond donors (Lipinski definition) is 1. The molecule has 0 saturated carbocycles. The van der Waals surface area contributed by atoms with E-state index >= 15 is 0 Å². The normalized spacial score (nSPS) is 23.8. The molecule has 1 aromatic rings. The van der Waals surface area contributed by atoms with Crippen LogP contribution in [-0.2, 0) is 18.9 Å². The standard InChI is InChI=1S/C20H32O5/c1-8-15(21)13-11-9-10-12-14(13)18-24-16(19(2,3)22-6)17(25-18)20(4,5)23-7/h9-12,15-18,21H,8H2,1-7H3/t15-,16+,17+/m0/s1. The molecule has 5 nitrogen and oxygen atoms in total. The minimum Gasteiger partial charge on any atom is -0.388 e. The minimum atomic E-state index is -0.573. The van der Waals surface area contributed by atoms with Gasteiger partial charge in [-0.15, -0.1) is 0 Å². The van der Waals surface area contributed by atoms with E-state index in [0.717, 1.165) is 11.1 Å². The van der Waals surface area contributed by atoms with Crippen LogP contribution in [0.5, 0.6) is 0 Å². The Hall–Kier alpha value is -0.980. The van der Waals surface area contributed by atoms with Crippen molar-refractivity contribution in [2.24, 2.45) is 0 Å². The van der Waals surface area contributed by atoms with Gasteiger partial charge in [-0.2, -0.15) is 0 Å². The molecule has 0 amide bonds. The number of ether oxygens (including phenoxy) is 4. The highest BCUT2D eigenvalue weighted by Gasteiger charge is 2.52. The fourth-order valence-corrected chi connectivity index (χ4v) is 3.13. The zero-order valence-electron chi connectivity index (χ0n) is 16.4. The summed E-state index contributed by atoms with van der Waals surface area (Å²) in [4.78, 5) is 0. The van der Waals surface area contributed by atoms with E-state index in [1.807, 2.05) is 58.9 Å². The highest BCUT2D eigenvalue weighted by Crippen LogP contribution is 2.43. The molecule has 1 heterocycles. The molecular weight excluding hydrogens is 320 g/mol. The highest BCUT2D eigenvalue weighted by molar-refractivity contribution is 5.31. The van der Waals surface area contributed by atoms with Crippen LogP contribution >= 0.6 is 0 Å². The van der Waals surface area contributed by atoms with Gasteiger partial charge in [-0.05, 0) is 39.7 Å². The Bertz CT molecular complexity index is 545. The van der Waals surface area contributed by atoms with Gasteiger partial charge in [0.15, 0.2) is 6.29 Å². The van der Waals surface area contributed by atoms with Crippen molar-refractivity contribution in [3.63, 3.8) is 0 Å². The lowest BCUT2D eigenvalue weighted by atomic mass is 9.87. The van der Waals surface area contributed by atoms with Gasteiger partial charge < -0.3 is 24.1 Å². The number of aliphatic hydroxyl groups is 1. The molecule has 2 rings (SSSR count). The Balaban J connectivity index is 2.40. The van der Waals surface area contributed by atoms with E-state index in [1.54, 1.807) is 14.2 Å². The highest BCUT2D eigenvalue weighted by atomic mass is 16.7. The second-order valence-electron chi connectivity index (χ2n) is 7.61. The fourth-order valence-electron chi connectivity index (χ4n) is 3.13. The predicted molar refractivity (Wildman–Crippen MR) is 96.4 cm³/mol. The molecule has 0 unspecified atom stereocenters. The van der Waals surface area contributed by atoms with Gasteiger partial charge in [-0.25, -0.2) is 0 Å². The number of aliphatic hydroxyl groups excluding tert-OH is 1. The van der Waals surface area contributed by atoms with Gasteiger partial charge in [0.05, 0.1) is 17.3 Å². The van der Waals surface area contributed by atoms with Crippen LogP contribution in [0.3, 0.4) is 0 Å². The molecule has 1 N–H and O–H groups in total. The maximum absolute atomic E-state index is 10.4. The first-order valence-electron chi connectivity index (χ1n) is 8.86. The van der Waals surface area contributed by atoms with Crippen molar-refractivity contribution in [3.05, 3.63) is 35.4 Å². The van der Waals surface area contributed by atoms with Crippen molar-refractivity contribution in [1.82, 2.24) is 0 Å². The smallest absolute Gasteiger partial charge is 0.185 e. The molecule has 3 atom stereocenters. The van der Waals surface area contributed by atoms with Crippen LogP contribution in [0.2, 0.25) is 0 Å². The quantitative estimate of drug-likeness (QED) is 0.810. The molecule has 1 aliphatic rings. The largest absolute Gasteiger partial charge is 0.388 e. The summed E-state index contributed by atoms with van der Waals surface area (Å²) in [6, 6.07) is 7.71. The number of rotatable bonds is 7. The van der Waals surface area contributed by atoms with Gasteiger partial charge in [0.2, 0.25) is 0 Å². The van der Waals surface area contributed by atoms with Gasteiger partial charge in [-0.1, -0.05) is 31.2 Å². The van der Waals surface area contributed by atoms with Crippen molar-refractivity contribution in [1.29, 1.82) is 0 Å². The summed E-state index contributed by atoms with van der Waals surface area (Å²) in [5, 5.41) is 10.4. The summed E-state index contributed by atoms with van der Waals surface area (Å²) in [6.07, 6.45) is -1.12. The van der Waals surface area contributed by atoms with E-state index in [4.69, 9.17) is 18.9 Å². The van der Waals surface area contributed by atoms with Gasteiger partial charge in [0, 0.05) is 19.8 Å². The van der Waals surface area contributed by atoms with Crippen LogP contribution in [0, 0.1) is 0 Å². The molecule has 0 bridgehead atoms. The van der Waals surface area contributed by atoms with E-state index in [1.165, 1.54) is 0 Å². The summed E-state index contributed by atoms with van der Waals surface area (Å²) < 4.78 is 23.9. The maximum atomic E-state index is 10.4. The summed E-state index contributed by atoms with van der Waals surface area (Å²) in [6.45, 7) is 9.87. The first kappa shape index (κ1) is 20.3. The van der Waals surface area contributed by atoms with Crippen LogP contribution in [0.1, 0.15) is 64.6 Å². The van der Waals surface area contributed by atoms with E-state index in [-0.39, 0.29) is 12.2 Å². The number of benzene rings is 1. The average Bonchev–Trinajstić information content (AvgIpc) is 3.08. The molecule has 0 spiro atoms. The van der Waals surface area contributed by atoms with Crippen LogP contribution in [-0.4, -0.2) is 42.7 Å². The van der Waals surface area contributed by atoms with Crippen molar-refractivity contribution in [3.8, 4) is 0 Å². The van der Waals surface area contributed by atoms with E-state index in [2.05, 4.69) is 0 Å². The lowest BCUT2D eigenvalue weighted by molar-refractivity contribution is -0.132. The number of hydrogen-bond acceptors (Lipinski definition) is 5. The monoisotopic (exact) mass is 352 g/mol. The molecule has 1 aliphatic heterocycles. The van der Waals surface area contributed by atoms with Gasteiger partial charge in [0.25, 0.3) is 0 Å². The van der Waals surface area contributed by atoms with Gasteiger partial charge in [0.1, 0.15) is 12.2 Å². The van der Waals surface area contributed by atoms with Crippen molar-refractivity contribution in [2.45, 2.75) is 76.8 Å². The SMILES string of the molecule is CC[C@H](O)c1ccccc1C1O[C@@H](C(C)(C)OC)[C@H](C(C)(C)OC)O1. The fraction of sp³-hybridized carbons (Fsp3) is 0.700. The van der Waals surface area contributed by atoms with Crippen LogP contribution < -0.4 is 0 Å². The van der Waals surface area contributed by atoms with Crippen LogP contribution in [0.4, 0.5) is 0 Å². The molecule has 0 aliphatic carbocycles. The van der Waals surface area contributed by atoms with Gasteiger partial charge >= 0.3 is 0 Å². The second-order valence-corrected chi connectivity index (χ2v) is 7.61. The Morgan fingerprint density at radius 2 is 1.48 bits per heavy atom. The predicted octanol–water partition coefficient (Wildman–Crippen LogP) is 3.76. The summed E-state index contributed by atoms with van der Waals surface area (Å²) in [5.74, 6) is 0. The van der Waals surface area contributed by atoms with E-state index in [0.29, 0.717) is 6.42 Å². The molecule has 25 heavy (non-hydrogen) atoms. The first-order valence-corrected chi connectivity index (χ1v) is 8.86. The minimum absolute atomic E-state index is 0.315. The number of methoxy groups -OCH3 is 2. The summed E-state index contributed by atoms with van der Waals surface area (Å²) >= 11 is 0. The van der Waals surface area contributed by atoms with Crippen LogP contribution in [0.25, 0.3) is 0 Å². The van der Waals surface area contributed by atoms with Crippen molar-refractivity contribution in [2.75, 3.05) is 14.2 Å². The van der Waals surface area contributed by atoms with Crippen LogP contribution in [0.15, 0.2) is 24.3 Å². The topological polar surface area (TPSA) is 57.2 Å². The zero-order chi connectivity index (χ0) is 18.8. The second kappa shape index (κ2) is 7.72. The third kappa shape index (κ3) is 4.07. The molecule has 5 heteroatoms. The molecule has 1 aromatic carbocycles. The zero-order valence-corrected chi connectivity index (χ0v) is 16.4. The Labute approximate surface area is 151 Å². The van der Waals surface area contributed by atoms with Gasteiger partial charge in [-0.3, -0.25) is 0 Å². The molecule has 0 aromatic heterocycles. The van der Waals surface area contributed by atoms with E-state index in [9.17, 15) is 5.11 Å². The lowest BCUT2D eigenvalue weighted by Gasteiger charge is -2.38. The Morgan fingerprint density at radius 1 is 1.00 bits per heavy atom. The van der Waals surface area contributed by atoms with E-state index < -0.39 is 23.6 Å². The average molecular weight is 352 g/mol. The molecule has 1 fully saturated rings. The third-order valence-electron chi connectivity index (χ3n) is 5.23. The molecule has 142 valence electrons. The molecule has 0 radical (unpaired) electrons. The first-order chi connectivity index (χ1) is 11.7. The van der Waals surface area contributed by atoms with Crippen molar-refractivity contribution < 1.29 is 24.1 Å². The van der Waals surface area contributed by atoms with Crippen molar-refractivity contribution >= 4 is 0 Å². The third-order valence-corrected chi connectivity index (χ3v) is 5.23.